The summed E-state index contributed by atoms with van der Waals surface area (Å²) in [5, 5.41) is 1.96. The molecule has 23 heavy (non-hydrogen) atoms. The van der Waals surface area contributed by atoms with Gasteiger partial charge < -0.3 is 9.64 Å². The molecular formula is C18H20FNO2S. The highest BCUT2D eigenvalue weighted by Crippen LogP contribution is 2.25. The minimum atomic E-state index is -0.330. The van der Waals surface area contributed by atoms with Crippen molar-refractivity contribution in [2.24, 2.45) is 5.92 Å². The molecule has 0 bridgehead atoms. The lowest BCUT2D eigenvalue weighted by Gasteiger charge is -2.16. The molecule has 122 valence electrons. The molecule has 1 saturated heterocycles. The maximum atomic E-state index is 13.5. The highest BCUT2D eigenvalue weighted by molar-refractivity contribution is 7.12. The van der Waals surface area contributed by atoms with E-state index < -0.39 is 0 Å². The summed E-state index contributed by atoms with van der Waals surface area (Å²) in [6.45, 7) is 4.00. The van der Waals surface area contributed by atoms with Gasteiger partial charge in [-0.2, -0.15) is 0 Å². The van der Waals surface area contributed by atoms with Gasteiger partial charge in [-0.3, -0.25) is 4.79 Å². The summed E-state index contributed by atoms with van der Waals surface area (Å²) in [5.41, 5.74) is 1.05. The van der Waals surface area contributed by atoms with Gasteiger partial charge in [-0.1, -0.05) is 12.1 Å². The molecule has 0 radical (unpaired) electrons. The van der Waals surface area contributed by atoms with Gasteiger partial charge in [0.1, 0.15) is 0 Å². The van der Waals surface area contributed by atoms with Crippen molar-refractivity contribution in [1.29, 1.82) is 0 Å². The zero-order chi connectivity index (χ0) is 16.2. The molecule has 1 unspecified atom stereocenters. The number of amides is 1. The Labute approximate surface area is 139 Å². The standard InChI is InChI=1S/C18H20FNO2S/c1-13-8-11-23-17(13)18(21)20-9-6-14(12-20)7-10-22-16-5-3-2-4-15(16)19/h2-5,8,11,14H,6-7,9-10,12H2,1H3. The van der Waals surface area contributed by atoms with E-state index in [9.17, 15) is 9.18 Å². The summed E-state index contributed by atoms with van der Waals surface area (Å²) >= 11 is 1.50. The predicted octanol–water partition coefficient (Wildman–Crippen LogP) is 4.13. The first-order valence-corrected chi connectivity index (χ1v) is 8.74. The summed E-state index contributed by atoms with van der Waals surface area (Å²) < 4.78 is 19.0. The van der Waals surface area contributed by atoms with Gasteiger partial charge >= 0.3 is 0 Å². The predicted molar refractivity (Wildman–Crippen MR) is 89.6 cm³/mol. The highest BCUT2D eigenvalue weighted by atomic mass is 32.1. The molecular weight excluding hydrogens is 313 g/mol. The van der Waals surface area contributed by atoms with Crippen LogP contribution >= 0.6 is 11.3 Å². The Morgan fingerprint density at radius 2 is 2.22 bits per heavy atom. The van der Waals surface area contributed by atoms with Gasteiger partial charge in [0.25, 0.3) is 5.91 Å². The van der Waals surface area contributed by atoms with Crippen LogP contribution in [0.3, 0.4) is 0 Å². The molecule has 3 nitrogen and oxygen atoms in total. The largest absolute Gasteiger partial charge is 0.491 e. The highest BCUT2D eigenvalue weighted by Gasteiger charge is 2.28. The van der Waals surface area contributed by atoms with Crippen LogP contribution in [-0.4, -0.2) is 30.5 Å². The Morgan fingerprint density at radius 1 is 1.39 bits per heavy atom. The second-order valence-electron chi connectivity index (χ2n) is 5.91. The fourth-order valence-electron chi connectivity index (χ4n) is 2.89. The first-order valence-electron chi connectivity index (χ1n) is 7.86. The Bertz CT molecular complexity index is 685. The number of aryl methyl sites for hydroxylation is 1. The zero-order valence-corrected chi connectivity index (χ0v) is 13.9. The third-order valence-electron chi connectivity index (χ3n) is 4.25. The molecule has 1 aromatic heterocycles. The minimum Gasteiger partial charge on any atom is -0.491 e. The quantitative estimate of drug-likeness (QED) is 0.823. The Hall–Kier alpha value is -1.88. The molecule has 1 aliphatic rings. The number of benzene rings is 1. The minimum absolute atomic E-state index is 0.134. The smallest absolute Gasteiger partial charge is 0.264 e. The van der Waals surface area contributed by atoms with E-state index in [0.717, 1.165) is 36.4 Å². The van der Waals surface area contributed by atoms with E-state index in [0.29, 0.717) is 18.3 Å². The van der Waals surface area contributed by atoms with Crippen molar-refractivity contribution in [3.8, 4) is 5.75 Å². The van der Waals surface area contributed by atoms with E-state index in [1.165, 1.54) is 17.4 Å². The molecule has 1 aliphatic heterocycles. The molecule has 1 atom stereocenters. The Balaban J connectivity index is 1.48. The average Bonchev–Trinajstić information content (AvgIpc) is 3.18. The van der Waals surface area contributed by atoms with Gasteiger partial charge in [0.2, 0.25) is 0 Å². The maximum absolute atomic E-state index is 13.5. The average molecular weight is 333 g/mol. The molecule has 1 amide bonds. The van der Waals surface area contributed by atoms with E-state index in [1.807, 2.05) is 23.3 Å². The summed E-state index contributed by atoms with van der Waals surface area (Å²) in [5.74, 6) is 0.526. The van der Waals surface area contributed by atoms with E-state index >= 15 is 0 Å². The van der Waals surface area contributed by atoms with Crippen LogP contribution in [0.15, 0.2) is 35.7 Å². The summed E-state index contributed by atoms with van der Waals surface area (Å²) in [6.07, 6.45) is 1.82. The zero-order valence-electron chi connectivity index (χ0n) is 13.1. The number of carbonyl (C=O) groups is 1. The molecule has 0 N–H and O–H groups in total. The molecule has 3 rings (SSSR count). The normalized spacial score (nSPS) is 17.5. The van der Waals surface area contributed by atoms with Gasteiger partial charge in [0, 0.05) is 13.1 Å². The van der Waals surface area contributed by atoms with Crippen LogP contribution in [0.5, 0.6) is 5.75 Å². The maximum Gasteiger partial charge on any atom is 0.264 e. The van der Waals surface area contributed by atoms with Crippen molar-refractivity contribution < 1.29 is 13.9 Å². The van der Waals surface area contributed by atoms with Gasteiger partial charge in [-0.05, 0) is 54.8 Å². The molecule has 2 aromatic rings. The SMILES string of the molecule is Cc1ccsc1C(=O)N1CCC(CCOc2ccccc2F)C1. The van der Waals surface area contributed by atoms with Crippen LogP contribution in [0, 0.1) is 18.7 Å². The van der Waals surface area contributed by atoms with Gasteiger partial charge in [-0.15, -0.1) is 11.3 Å². The third kappa shape index (κ3) is 3.72. The van der Waals surface area contributed by atoms with E-state index in [-0.39, 0.29) is 11.7 Å². The molecule has 0 saturated carbocycles. The number of thiophene rings is 1. The molecule has 5 heteroatoms. The fraction of sp³-hybridized carbons (Fsp3) is 0.389. The van der Waals surface area contributed by atoms with Gasteiger partial charge in [-0.25, -0.2) is 4.39 Å². The summed E-state index contributed by atoms with van der Waals surface area (Å²) in [6, 6.07) is 8.43. The number of para-hydroxylation sites is 1. The molecule has 1 aromatic carbocycles. The fourth-order valence-corrected chi connectivity index (χ4v) is 3.78. The molecule has 0 aliphatic carbocycles. The molecule has 0 spiro atoms. The monoisotopic (exact) mass is 333 g/mol. The van der Waals surface area contributed by atoms with Crippen molar-refractivity contribution in [3.05, 3.63) is 52.0 Å². The summed E-state index contributed by atoms with van der Waals surface area (Å²) in [4.78, 5) is 15.2. The Morgan fingerprint density at radius 3 is 2.96 bits per heavy atom. The first kappa shape index (κ1) is 16.0. The third-order valence-corrected chi connectivity index (χ3v) is 5.25. The summed E-state index contributed by atoms with van der Waals surface area (Å²) in [7, 11) is 0. The van der Waals surface area contributed by atoms with E-state index in [1.54, 1.807) is 18.2 Å². The van der Waals surface area contributed by atoms with Gasteiger partial charge in [0.05, 0.1) is 11.5 Å². The lowest BCUT2D eigenvalue weighted by Crippen LogP contribution is -2.28. The van der Waals surface area contributed by atoms with Gasteiger partial charge in [0.15, 0.2) is 11.6 Å². The number of halogens is 1. The van der Waals surface area contributed by atoms with Crippen LogP contribution in [0.2, 0.25) is 0 Å². The number of rotatable bonds is 5. The topological polar surface area (TPSA) is 29.5 Å². The number of hydrogen-bond acceptors (Lipinski definition) is 3. The first-order chi connectivity index (χ1) is 11.1. The molecule has 1 fully saturated rings. The van der Waals surface area contributed by atoms with Crippen LogP contribution in [0.4, 0.5) is 4.39 Å². The van der Waals surface area contributed by atoms with Crippen LogP contribution in [-0.2, 0) is 0 Å². The lowest BCUT2D eigenvalue weighted by atomic mass is 10.1. The number of hydrogen-bond donors (Lipinski definition) is 0. The number of likely N-dealkylation sites (tertiary alicyclic amines) is 1. The Kier molecular flexibility index (Phi) is 4.96. The van der Waals surface area contributed by atoms with E-state index in [2.05, 4.69) is 0 Å². The number of carbonyl (C=O) groups excluding carboxylic acids is 1. The van der Waals surface area contributed by atoms with Crippen molar-refractivity contribution in [3.63, 3.8) is 0 Å². The molecule has 2 heterocycles. The lowest BCUT2D eigenvalue weighted by molar-refractivity contribution is 0.0789. The van der Waals surface area contributed by atoms with Crippen molar-refractivity contribution in [1.82, 2.24) is 4.90 Å². The van der Waals surface area contributed by atoms with Crippen LogP contribution in [0.25, 0.3) is 0 Å². The number of nitrogens with zero attached hydrogens (tertiary/aromatic N) is 1. The second kappa shape index (κ2) is 7.13. The van der Waals surface area contributed by atoms with Crippen molar-refractivity contribution >= 4 is 17.2 Å². The van der Waals surface area contributed by atoms with Crippen molar-refractivity contribution in [2.75, 3.05) is 19.7 Å². The van der Waals surface area contributed by atoms with Crippen LogP contribution < -0.4 is 4.74 Å². The number of ether oxygens (including phenoxy) is 1. The second-order valence-corrected chi connectivity index (χ2v) is 6.82. The van der Waals surface area contributed by atoms with Crippen molar-refractivity contribution in [2.45, 2.75) is 19.8 Å². The van der Waals surface area contributed by atoms with E-state index in [4.69, 9.17) is 4.74 Å². The van der Waals surface area contributed by atoms with Crippen LogP contribution in [0.1, 0.15) is 28.1 Å².